The third-order valence-corrected chi connectivity index (χ3v) is 6.02. The van der Waals surface area contributed by atoms with E-state index in [-0.39, 0.29) is 17.1 Å². The molecule has 3 aromatic rings. The minimum absolute atomic E-state index is 0.00457. The Morgan fingerprint density at radius 1 is 1.29 bits per heavy atom. The maximum atomic E-state index is 12.9. The third kappa shape index (κ3) is 4.01. The number of Topliss-reactive ketones (excluding diaryl/α,β-unsaturated/α-hetero) is 1. The summed E-state index contributed by atoms with van der Waals surface area (Å²) in [4.78, 5) is 30.2. The fourth-order valence-corrected chi connectivity index (χ4v) is 4.08. The molecule has 0 unspecified atom stereocenters. The molecule has 0 aliphatic rings. The van der Waals surface area contributed by atoms with Crippen LogP contribution in [0.5, 0.6) is 0 Å². The molecule has 0 aliphatic carbocycles. The molecule has 0 spiro atoms. The molecule has 0 N–H and O–H groups in total. The van der Waals surface area contributed by atoms with E-state index in [1.54, 1.807) is 29.9 Å². The molecule has 6 nitrogen and oxygen atoms in total. The van der Waals surface area contributed by atoms with Gasteiger partial charge in [0.15, 0.2) is 10.9 Å². The Hall–Kier alpha value is -2.09. The van der Waals surface area contributed by atoms with E-state index in [0.29, 0.717) is 39.8 Å². The van der Waals surface area contributed by atoms with Crippen molar-refractivity contribution in [2.45, 2.75) is 25.5 Å². The number of benzene rings is 1. The molecule has 0 saturated heterocycles. The summed E-state index contributed by atoms with van der Waals surface area (Å²) in [7, 11) is 3.52. The Bertz CT molecular complexity index is 1100. The average molecular weight is 420 g/mol. The van der Waals surface area contributed by atoms with Gasteiger partial charge in [-0.2, -0.15) is 0 Å². The molecule has 0 fully saturated rings. The smallest absolute Gasteiger partial charge is 0.262 e. The topological polar surface area (TPSA) is 66.1 Å². The van der Waals surface area contributed by atoms with Gasteiger partial charge in [0.25, 0.3) is 5.56 Å². The molecular formula is C20H22ClN3O3S. The van der Waals surface area contributed by atoms with Gasteiger partial charge in [-0.1, -0.05) is 23.4 Å². The summed E-state index contributed by atoms with van der Waals surface area (Å²) < 4.78 is 8.67. The van der Waals surface area contributed by atoms with Crippen molar-refractivity contribution in [1.82, 2.24) is 14.1 Å². The summed E-state index contributed by atoms with van der Waals surface area (Å²) in [6.45, 7) is 4.63. The second-order valence-electron chi connectivity index (χ2n) is 6.56. The number of thioether (sulfide) groups is 1. The van der Waals surface area contributed by atoms with Gasteiger partial charge in [-0.3, -0.25) is 14.2 Å². The standard InChI is InChI=1S/C20H22ClN3O3S/c1-12-9-16(13(2)23(12)3)18(25)11-28-20-22-17-10-14(21)5-6-15(17)19(26)24(20)7-8-27-4/h5-6,9-10H,7-8,11H2,1-4H3. The highest BCUT2D eigenvalue weighted by molar-refractivity contribution is 7.99. The quantitative estimate of drug-likeness (QED) is 0.332. The lowest BCUT2D eigenvalue weighted by atomic mass is 10.2. The van der Waals surface area contributed by atoms with E-state index in [4.69, 9.17) is 16.3 Å². The number of carbonyl (C=O) groups is 1. The van der Waals surface area contributed by atoms with Crippen molar-refractivity contribution >= 4 is 40.0 Å². The van der Waals surface area contributed by atoms with Gasteiger partial charge in [0, 0.05) is 36.1 Å². The average Bonchev–Trinajstić information content (AvgIpc) is 2.92. The molecule has 0 radical (unpaired) electrons. The summed E-state index contributed by atoms with van der Waals surface area (Å²) in [5, 5.41) is 1.48. The normalized spacial score (nSPS) is 11.3. The molecule has 28 heavy (non-hydrogen) atoms. The number of ether oxygens (including phenoxy) is 1. The first-order chi connectivity index (χ1) is 13.3. The second kappa shape index (κ2) is 8.51. The van der Waals surface area contributed by atoms with Crippen LogP contribution in [0.4, 0.5) is 0 Å². The zero-order valence-electron chi connectivity index (χ0n) is 16.3. The molecule has 148 valence electrons. The molecule has 0 saturated carbocycles. The fraction of sp³-hybridized carbons (Fsp3) is 0.350. The van der Waals surface area contributed by atoms with E-state index in [9.17, 15) is 9.59 Å². The number of nitrogens with zero attached hydrogens (tertiary/aromatic N) is 3. The van der Waals surface area contributed by atoms with Crippen LogP contribution in [0, 0.1) is 13.8 Å². The van der Waals surface area contributed by atoms with E-state index in [1.807, 2.05) is 31.5 Å². The number of fused-ring (bicyclic) bond motifs is 1. The highest BCUT2D eigenvalue weighted by Crippen LogP contribution is 2.23. The number of halogens is 1. The molecule has 1 aromatic carbocycles. The minimum atomic E-state index is -0.166. The predicted molar refractivity (Wildman–Crippen MR) is 113 cm³/mol. The number of aromatic nitrogens is 3. The summed E-state index contributed by atoms with van der Waals surface area (Å²) >= 11 is 7.31. The van der Waals surface area contributed by atoms with E-state index in [2.05, 4.69) is 4.98 Å². The van der Waals surface area contributed by atoms with Crippen molar-refractivity contribution in [2.75, 3.05) is 19.5 Å². The van der Waals surface area contributed by atoms with Crippen molar-refractivity contribution in [2.24, 2.45) is 7.05 Å². The van der Waals surface area contributed by atoms with Crippen LogP contribution in [0.1, 0.15) is 21.7 Å². The fourth-order valence-electron chi connectivity index (χ4n) is 3.01. The van der Waals surface area contributed by atoms with Gasteiger partial charge >= 0.3 is 0 Å². The lowest BCUT2D eigenvalue weighted by Gasteiger charge is -2.12. The van der Waals surface area contributed by atoms with Gasteiger partial charge in [-0.15, -0.1) is 0 Å². The number of aryl methyl sites for hydroxylation is 1. The number of methoxy groups -OCH3 is 1. The number of hydrogen-bond acceptors (Lipinski definition) is 5. The molecule has 0 atom stereocenters. The van der Waals surface area contributed by atoms with Gasteiger partial charge in [0.1, 0.15) is 0 Å². The third-order valence-electron chi connectivity index (χ3n) is 4.81. The highest BCUT2D eigenvalue weighted by Gasteiger charge is 2.17. The number of hydrogen-bond donors (Lipinski definition) is 0. The maximum Gasteiger partial charge on any atom is 0.262 e. The monoisotopic (exact) mass is 419 g/mol. The molecule has 0 bridgehead atoms. The first-order valence-electron chi connectivity index (χ1n) is 8.81. The van der Waals surface area contributed by atoms with E-state index < -0.39 is 0 Å². The largest absolute Gasteiger partial charge is 0.383 e. The number of carbonyl (C=O) groups excluding carboxylic acids is 1. The molecule has 2 heterocycles. The molecule has 2 aromatic heterocycles. The van der Waals surface area contributed by atoms with E-state index in [1.165, 1.54) is 11.8 Å². The molecule has 3 rings (SSSR count). The van der Waals surface area contributed by atoms with Gasteiger partial charge in [-0.25, -0.2) is 4.98 Å². The zero-order valence-corrected chi connectivity index (χ0v) is 17.9. The maximum absolute atomic E-state index is 12.9. The van der Waals surface area contributed by atoms with E-state index >= 15 is 0 Å². The summed E-state index contributed by atoms with van der Waals surface area (Å²) in [6.07, 6.45) is 0. The Kier molecular flexibility index (Phi) is 6.27. The molecule has 8 heteroatoms. The van der Waals surface area contributed by atoms with Crippen LogP contribution >= 0.6 is 23.4 Å². The highest BCUT2D eigenvalue weighted by atomic mass is 35.5. The second-order valence-corrected chi connectivity index (χ2v) is 7.94. The van der Waals surface area contributed by atoms with Crippen molar-refractivity contribution in [3.05, 3.63) is 56.6 Å². The van der Waals surface area contributed by atoms with E-state index in [0.717, 1.165) is 11.4 Å². The van der Waals surface area contributed by atoms with Gasteiger partial charge in [0.2, 0.25) is 0 Å². The molecule has 0 aliphatic heterocycles. The molecule has 0 amide bonds. The van der Waals surface area contributed by atoms with Gasteiger partial charge in [0.05, 0.1) is 29.8 Å². The van der Waals surface area contributed by atoms with Crippen LogP contribution in [-0.2, 0) is 18.3 Å². The Labute approximate surface area is 172 Å². The van der Waals surface area contributed by atoms with Crippen LogP contribution < -0.4 is 5.56 Å². The lowest BCUT2D eigenvalue weighted by molar-refractivity contribution is 0.102. The van der Waals surface area contributed by atoms with Gasteiger partial charge < -0.3 is 9.30 Å². The predicted octanol–water partition coefficient (Wildman–Crippen LogP) is 3.63. The van der Waals surface area contributed by atoms with Crippen LogP contribution in [0.15, 0.2) is 34.2 Å². The summed E-state index contributed by atoms with van der Waals surface area (Å²) in [5.74, 6) is 0.195. The lowest BCUT2D eigenvalue weighted by Crippen LogP contribution is -2.25. The Balaban J connectivity index is 1.95. The summed E-state index contributed by atoms with van der Waals surface area (Å²) in [6, 6.07) is 6.90. The van der Waals surface area contributed by atoms with Crippen LogP contribution in [0.2, 0.25) is 5.02 Å². The Morgan fingerprint density at radius 2 is 2.04 bits per heavy atom. The Morgan fingerprint density at radius 3 is 2.68 bits per heavy atom. The SMILES string of the molecule is COCCn1c(SCC(=O)c2cc(C)n(C)c2C)nc2cc(Cl)ccc2c1=O. The summed E-state index contributed by atoms with van der Waals surface area (Å²) in [5.41, 5.74) is 3.01. The minimum Gasteiger partial charge on any atom is -0.383 e. The van der Waals surface area contributed by atoms with Crippen LogP contribution in [-0.4, -0.2) is 39.4 Å². The first-order valence-corrected chi connectivity index (χ1v) is 10.2. The van der Waals surface area contributed by atoms with Crippen LogP contribution in [0.25, 0.3) is 10.9 Å². The van der Waals surface area contributed by atoms with Crippen molar-refractivity contribution in [3.8, 4) is 0 Å². The zero-order chi connectivity index (χ0) is 20.4. The van der Waals surface area contributed by atoms with Crippen molar-refractivity contribution in [3.63, 3.8) is 0 Å². The first kappa shape index (κ1) is 20.6. The van der Waals surface area contributed by atoms with Crippen LogP contribution in [0.3, 0.4) is 0 Å². The van der Waals surface area contributed by atoms with Crippen molar-refractivity contribution < 1.29 is 9.53 Å². The number of rotatable bonds is 7. The van der Waals surface area contributed by atoms with Gasteiger partial charge in [-0.05, 0) is 38.1 Å². The molecular weight excluding hydrogens is 398 g/mol. The van der Waals surface area contributed by atoms with Crippen molar-refractivity contribution in [1.29, 1.82) is 0 Å². The number of ketones is 1.